The zero-order chi connectivity index (χ0) is 26.1. The van der Waals surface area contributed by atoms with Crippen molar-refractivity contribution in [3.05, 3.63) is 66.6 Å². The first-order valence-corrected chi connectivity index (χ1v) is 12.8. The van der Waals surface area contributed by atoms with E-state index >= 15 is 0 Å². The van der Waals surface area contributed by atoms with Crippen LogP contribution in [0, 0.1) is 11.8 Å². The van der Waals surface area contributed by atoms with Crippen molar-refractivity contribution in [2.75, 3.05) is 4.90 Å². The van der Waals surface area contributed by atoms with Crippen molar-refractivity contribution in [2.45, 2.75) is 52.5 Å². The van der Waals surface area contributed by atoms with Gasteiger partial charge in [0, 0.05) is 30.6 Å². The average molecular weight is 498 g/mol. The molecule has 2 aromatic heterocycles. The summed E-state index contributed by atoms with van der Waals surface area (Å²) in [7, 11) is 0. The second kappa shape index (κ2) is 10.1. The van der Waals surface area contributed by atoms with Gasteiger partial charge in [0.1, 0.15) is 5.56 Å². The number of benzene rings is 2. The van der Waals surface area contributed by atoms with Gasteiger partial charge in [-0.25, -0.2) is 9.48 Å². The van der Waals surface area contributed by atoms with Crippen LogP contribution in [0.2, 0.25) is 0 Å². The molecule has 2 aromatic carbocycles. The first kappa shape index (κ1) is 24.6. The molecular weight excluding hydrogens is 466 g/mol. The number of rotatable bonds is 6. The minimum absolute atomic E-state index is 0.0170. The van der Waals surface area contributed by atoms with Gasteiger partial charge in [-0.15, -0.1) is 5.10 Å². The molecule has 2 heterocycles. The van der Waals surface area contributed by atoms with Crippen molar-refractivity contribution in [1.82, 2.24) is 19.7 Å². The highest BCUT2D eigenvalue weighted by Crippen LogP contribution is 2.33. The summed E-state index contributed by atoms with van der Waals surface area (Å²) < 4.78 is 1.54. The highest BCUT2D eigenvalue weighted by Gasteiger charge is 2.34. The third-order valence-corrected chi connectivity index (χ3v) is 7.21. The number of aromatic nitrogens is 4. The lowest BCUT2D eigenvalue weighted by Crippen LogP contribution is -2.43. The maximum atomic E-state index is 13.5. The maximum Gasteiger partial charge on any atom is 0.341 e. The third kappa shape index (κ3) is 4.96. The Bertz CT molecular complexity index is 1440. The SMILES string of the molecule is CC1CCC(C(=O)N(c2nn(-c3ccc(-c4ccc5nccnc5c4)cc3)cc2C(=O)O)C(C)C)CC1. The van der Waals surface area contributed by atoms with Crippen LogP contribution in [0.4, 0.5) is 5.82 Å². The zero-order valence-corrected chi connectivity index (χ0v) is 21.3. The van der Waals surface area contributed by atoms with Crippen molar-refractivity contribution in [3.8, 4) is 16.8 Å². The van der Waals surface area contributed by atoms with Crippen LogP contribution in [-0.4, -0.2) is 42.8 Å². The summed E-state index contributed by atoms with van der Waals surface area (Å²) in [5.41, 5.74) is 4.37. The lowest BCUT2D eigenvalue weighted by Gasteiger charge is -2.32. The number of anilines is 1. The molecule has 0 aliphatic heterocycles. The molecule has 190 valence electrons. The number of fused-ring (bicyclic) bond motifs is 1. The van der Waals surface area contributed by atoms with Gasteiger partial charge in [0.2, 0.25) is 5.91 Å². The Morgan fingerprint density at radius 1 is 0.946 bits per heavy atom. The quantitative estimate of drug-likeness (QED) is 0.364. The summed E-state index contributed by atoms with van der Waals surface area (Å²) in [6.07, 6.45) is 8.51. The van der Waals surface area contributed by atoms with Gasteiger partial charge >= 0.3 is 5.97 Å². The summed E-state index contributed by atoms with van der Waals surface area (Å²) >= 11 is 0. The second-order valence-electron chi connectivity index (χ2n) is 10.2. The number of nitrogens with zero attached hydrogens (tertiary/aromatic N) is 5. The van der Waals surface area contributed by atoms with E-state index in [2.05, 4.69) is 22.0 Å². The molecule has 5 rings (SSSR count). The molecule has 1 fully saturated rings. The number of carbonyl (C=O) groups is 2. The fourth-order valence-corrected chi connectivity index (χ4v) is 5.08. The van der Waals surface area contributed by atoms with E-state index in [0.29, 0.717) is 11.6 Å². The summed E-state index contributed by atoms with van der Waals surface area (Å²) in [5.74, 6) is -0.425. The number of amides is 1. The molecule has 8 heteroatoms. The van der Waals surface area contributed by atoms with E-state index in [0.717, 1.165) is 47.8 Å². The maximum absolute atomic E-state index is 13.5. The standard InChI is InChI=1S/C29H31N5O3/c1-18(2)34(28(35)21-6-4-19(3)5-7-21)27-24(29(36)37)17-33(32-27)23-11-8-20(9-12-23)22-10-13-25-26(16-22)31-15-14-30-25/h8-19,21H,4-7H2,1-3H3,(H,36,37). The number of aromatic carboxylic acids is 1. The Hall–Kier alpha value is -4.07. The number of hydrogen-bond acceptors (Lipinski definition) is 5. The van der Waals surface area contributed by atoms with E-state index in [1.165, 1.54) is 6.20 Å². The third-order valence-electron chi connectivity index (χ3n) is 7.21. The van der Waals surface area contributed by atoms with Gasteiger partial charge in [-0.2, -0.15) is 0 Å². The van der Waals surface area contributed by atoms with E-state index in [-0.39, 0.29) is 29.2 Å². The first-order valence-electron chi connectivity index (χ1n) is 12.8. The Morgan fingerprint density at radius 3 is 2.24 bits per heavy atom. The molecule has 0 unspecified atom stereocenters. The fraction of sp³-hybridized carbons (Fsp3) is 0.345. The largest absolute Gasteiger partial charge is 0.477 e. The minimum atomic E-state index is -1.11. The molecule has 0 spiro atoms. The van der Waals surface area contributed by atoms with E-state index in [4.69, 9.17) is 0 Å². The van der Waals surface area contributed by atoms with Crippen LogP contribution in [0.25, 0.3) is 27.8 Å². The van der Waals surface area contributed by atoms with Crippen LogP contribution in [0.15, 0.2) is 61.1 Å². The molecule has 0 radical (unpaired) electrons. The molecular formula is C29H31N5O3. The van der Waals surface area contributed by atoms with Crippen molar-refractivity contribution < 1.29 is 14.7 Å². The van der Waals surface area contributed by atoms with Gasteiger partial charge in [-0.3, -0.25) is 19.7 Å². The number of carboxylic acid groups (broad SMARTS) is 1. The Morgan fingerprint density at radius 2 is 1.59 bits per heavy atom. The molecule has 1 saturated carbocycles. The predicted octanol–water partition coefficient (Wildman–Crippen LogP) is 5.75. The van der Waals surface area contributed by atoms with Crippen LogP contribution in [0.5, 0.6) is 0 Å². The molecule has 0 saturated heterocycles. The molecule has 1 N–H and O–H groups in total. The van der Waals surface area contributed by atoms with Crippen LogP contribution < -0.4 is 4.90 Å². The normalized spacial score (nSPS) is 17.7. The molecule has 37 heavy (non-hydrogen) atoms. The Balaban J connectivity index is 1.46. The van der Waals surface area contributed by atoms with Gasteiger partial charge < -0.3 is 5.11 Å². The van der Waals surface area contributed by atoms with Crippen LogP contribution >= 0.6 is 0 Å². The topological polar surface area (TPSA) is 101 Å². The van der Waals surface area contributed by atoms with E-state index in [9.17, 15) is 14.7 Å². The number of hydrogen-bond donors (Lipinski definition) is 1. The fourth-order valence-electron chi connectivity index (χ4n) is 5.08. The van der Waals surface area contributed by atoms with E-state index < -0.39 is 5.97 Å². The van der Waals surface area contributed by atoms with Gasteiger partial charge in [0.25, 0.3) is 0 Å². The summed E-state index contributed by atoms with van der Waals surface area (Å²) in [6, 6.07) is 13.4. The molecule has 4 aromatic rings. The molecule has 8 nitrogen and oxygen atoms in total. The van der Waals surface area contributed by atoms with Crippen LogP contribution in [0.3, 0.4) is 0 Å². The summed E-state index contributed by atoms with van der Waals surface area (Å²) in [5, 5.41) is 14.6. The molecule has 1 amide bonds. The monoisotopic (exact) mass is 497 g/mol. The Kier molecular flexibility index (Phi) is 6.74. The van der Waals surface area contributed by atoms with Crippen molar-refractivity contribution in [2.24, 2.45) is 11.8 Å². The predicted molar refractivity (Wildman–Crippen MR) is 143 cm³/mol. The highest BCUT2D eigenvalue weighted by molar-refractivity contribution is 6.01. The van der Waals surface area contributed by atoms with Crippen molar-refractivity contribution in [1.29, 1.82) is 0 Å². The molecule has 1 aliphatic rings. The van der Waals surface area contributed by atoms with Crippen molar-refractivity contribution in [3.63, 3.8) is 0 Å². The van der Waals surface area contributed by atoms with Gasteiger partial charge in [0.15, 0.2) is 5.82 Å². The van der Waals surface area contributed by atoms with E-state index in [1.807, 2.05) is 56.3 Å². The number of carbonyl (C=O) groups excluding carboxylic acids is 1. The second-order valence-corrected chi connectivity index (χ2v) is 10.2. The average Bonchev–Trinajstić information content (AvgIpc) is 3.34. The van der Waals surface area contributed by atoms with Crippen LogP contribution in [0.1, 0.15) is 56.8 Å². The van der Waals surface area contributed by atoms with Gasteiger partial charge in [-0.1, -0.05) is 25.1 Å². The molecule has 1 aliphatic carbocycles. The minimum Gasteiger partial charge on any atom is -0.477 e. The summed E-state index contributed by atoms with van der Waals surface area (Å²) in [6.45, 7) is 6.01. The van der Waals surface area contributed by atoms with E-state index in [1.54, 1.807) is 22.0 Å². The van der Waals surface area contributed by atoms with Crippen molar-refractivity contribution >= 4 is 28.7 Å². The smallest absolute Gasteiger partial charge is 0.341 e. The number of carboxylic acids is 1. The highest BCUT2D eigenvalue weighted by atomic mass is 16.4. The van der Waals surface area contributed by atoms with Gasteiger partial charge in [0.05, 0.1) is 16.7 Å². The first-order chi connectivity index (χ1) is 17.8. The zero-order valence-electron chi connectivity index (χ0n) is 21.3. The van der Waals surface area contributed by atoms with Crippen LogP contribution in [-0.2, 0) is 4.79 Å². The molecule has 0 atom stereocenters. The summed E-state index contributed by atoms with van der Waals surface area (Å²) in [4.78, 5) is 36.0. The Labute approximate surface area is 216 Å². The lowest BCUT2D eigenvalue weighted by atomic mass is 9.82. The van der Waals surface area contributed by atoms with Gasteiger partial charge in [-0.05, 0) is 80.8 Å². The molecule has 0 bridgehead atoms. The lowest BCUT2D eigenvalue weighted by molar-refractivity contribution is -0.124.